The van der Waals surface area contributed by atoms with Crippen LogP contribution in [0.5, 0.6) is 0 Å². The number of nitrogens with one attached hydrogen (secondary N) is 2. The number of hydrogen-bond acceptors (Lipinski definition) is 5. The number of pyridine rings is 1. The molecule has 0 bridgehead atoms. The van der Waals surface area contributed by atoms with Crippen LogP contribution in [0.3, 0.4) is 0 Å². The van der Waals surface area contributed by atoms with E-state index in [2.05, 4.69) is 39.4 Å². The molecule has 0 amide bonds. The quantitative estimate of drug-likeness (QED) is 0.620. The van der Waals surface area contributed by atoms with Crippen molar-refractivity contribution in [1.29, 1.82) is 0 Å². The van der Waals surface area contributed by atoms with E-state index in [-0.39, 0.29) is 0 Å². The van der Waals surface area contributed by atoms with Crippen LogP contribution in [0.4, 0.5) is 5.82 Å². The summed E-state index contributed by atoms with van der Waals surface area (Å²) in [5.41, 5.74) is 2.11. The molecule has 0 aromatic carbocycles. The first-order chi connectivity index (χ1) is 11.5. The van der Waals surface area contributed by atoms with Gasteiger partial charge in [0.25, 0.3) is 0 Å². The van der Waals surface area contributed by atoms with Gasteiger partial charge in [0, 0.05) is 39.0 Å². The summed E-state index contributed by atoms with van der Waals surface area (Å²) < 4.78 is 0. The molecule has 0 radical (unpaired) electrons. The highest BCUT2D eigenvalue weighted by atomic mass is 32.1. The number of nitrogens with zero attached hydrogens (tertiary/aromatic N) is 4. The Labute approximate surface area is 148 Å². The maximum absolute atomic E-state index is 4.59. The number of aliphatic imine (C=N–C) groups is 1. The minimum Gasteiger partial charge on any atom is -0.363 e. The Kier molecular flexibility index (Phi) is 6.54. The van der Waals surface area contributed by atoms with E-state index in [0.717, 1.165) is 41.1 Å². The lowest BCUT2D eigenvalue weighted by Crippen LogP contribution is -2.38. The first-order valence-corrected chi connectivity index (χ1v) is 8.82. The van der Waals surface area contributed by atoms with Gasteiger partial charge in [-0.2, -0.15) is 0 Å². The molecule has 2 heterocycles. The van der Waals surface area contributed by atoms with Crippen LogP contribution in [0.15, 0.2) is 23.2 Å². The molecule has 2 aromatic heterocycles. The lowest BCUT2D eigenvalue weighted by molar-refractivity contribution is 0.779. The molecule has 0 aliphatic heterocycles. The van der Waals surface area contributed by atoms with E-state index in [0.29, 0.717) is 6.54 Å². The van der Waals surface area contributed by atoms with E-state index in [1.54, 1.807) is 18.4 Å². The monoisotopic (exact) mass is 346 g/mol. The van der Waals surface area contributed by atoms with Crippen molar-refractivity contribution in [2.24, 2.45) is 4.99 Å². The fraction of sp³-hybridized carbons (Fsp3) is 0.471. The van der Waals surface area contributed by atoms with Gasteiger partial charge >= 0.3 is 0 Å². The summed E-state index contributed by atoms with van der Waals surface area (Å²) in [5, 5.41) is 7.78. The van der Waals surface area contributed by atoms with Crippen LogP contribution in [-0.2, 0) is 13.0 Å². The van der Waals surface area contributed by atoms with Gasteiger partial charge in [-0.25, -0.2) is 9.97 Å². The third kappa shape index (κ3) is 5.19. The van der Waals surface area contributed by atoms with Gasteiger partial charge in [-0.05, 0) is 26.0 Å². The average Bonchev–Trinajstić information content (AvgIpc) is 2.89. The number of hydrogen-bond donors (Lipinski definition) is 2. The Morgan fingerprint density at radius 2 is 2.00 bits per heavy atom. The van der Waals surface area contributed by atoms with Gasteiger partial charge < -0.3 is 15.5 Å². The number of aryl methyl sites for hydroxylation is 2. The van der Waals surface area contributed by atoms with Gasteiger partial charge in [0.1, 0.15) is 5.82 Å². The maximum atomic E-state index is 4.59. The van der Waals surface area contributed by atoms with Crippen molar-refractivity contribution in [3.63, 3.8) is 0 Å². The molecule has 2 aromatic rings. The fourth-order valence-electron chi connectivity index (χ4n) is 2.14. The lowest BCUT2D eigenvalue weighted by Gasteiger charge is -2.14. The fourth-order valence-corrected chi connectivity index (χ4v) is 3.08. The van der Waals surface area contributed by atoms with Crippen LogP contribution >= 0.6 is 11.3 Å². The van der Waals surface area contributed by atoms with E-state index in [1.807, 2.05) is 37.2 Å². The second kappa shape index (κ2) is 8.63. The first kappa shape index (κ1) is 18.2. The predicted molar refractivity (Wildman–Crippen MR) is 102 cm³/mol. The van der Waals surface area contributed by atoms with E-state index >= 15 is 0 Å². The molecular formula is C17H26N6S. The molecule has 0 aliphatic rings. The second-order valence-electron chi connectivity index (χ2n) is 5.73. The van der Waals surface area contributed by atoms with Gasteiger partial charge in [0.15, 0.2) is 5.96 Å². The molecular weight excluding hydrogens is 320 g/mol. The molecule has 2 N–H and O–H groups in total. The molecule has 0 saturated carbocycles. The summed E-state index contributed by atoms with van der Waals surface area (Å²) in [7, 11) is 5.75. The number of thiazole rings is 1. The second-order valence-corrected chi connectivity index (χ2v) is 7.02. The van der Waals surface area contributed by atoms with Gasteiger partial charge in [-0.1, -0.05) is 6.07 Å². The number of aromatic nitrogens is 2. The van der Waals surface area contributed by atoms with Crippen LogP contribution in [0.25, 0.3) is 0 Å². The molecule has 7 heteroatoms. The zero-order chi connectivity index (χ0) is 17.5. The lowest BCUT2D eigenvalue weighted by atomic mass is 10.3. The summed E-state index contributed by atoms with van der Waals surface area (Å²) in [5.74, 6) is 1.73. The molecule has 6 nitrogen and oxygen atoms in total. The van der Waals surface area contributed by atoms with Crippen molar-refractivity contribution in [3.8, 4) is 0 Å². The largest absolute Gasteiger partial charge is 0.363 e. The van der Waals surface area contributed by atoms with Crippen LogP contribution in [-0.4, -0.2) is 43.6 Å². The summed E-state index contributed by atoms with van der Waals surface area (Å²) in [6.45, 7) is 5.60. The summed E-state index contributed by atoms with van der Waals surface area (Å²) in [6, 6.07) is 6.02. The maximum Gasteiger partial charge on any atom is 0.191 e. The molecule has 2 rings (SSSR count). The molecule has 0 saturated heterocycles. The van der Waals surface area contributed by atoms with Crippen LogP contribution < -0.4 is 15.5 Å². The first-order valence-electron chi connectivity index (χ1n) is 8.00. The Bertz CT molecular complexity index is 673. The molecule has 0 spiro atoms. The SMILES string of the molecule is CN=C(NCCc1nc(C)c(C)s1)NCc1cccc(N(C)C)n1. The Morgan fingerprint density at radius 3 is 2.62 bits per heavy atom. The number of rotatable bonds is 6. The van der Waals surface area contributed by atoms with Gasteiger partial charge in [0.2, 0.25) is 0 Å². The average molecular weight is 347 g/mol. The molecule has 130 valence electrons. The summed E-state index contributed by atoms with van der Waals surface area (Å²) >= 11 is 1.76. The van der Waals surface area contributed by atoms with Crippen LogP contribution in [0.2, 0.25) is 0 Å². The third-order valence-corrected chi connectivity index (χ3v) is 4.75. The van der Waals surface area contributed by atoms with Crippen molar-refractivity contribution in [2.75, 3.05) is 32.6 Å². The molecule has 0 unspecified atom stereocenters. The standard InChI is InChI=1S/C17H26N6S/c1-12-13(2)24-16(21-12)9-10-19-17(18-3)20-11-14-7-6-8-15(22-14)23(4)5/h6-8H,9-11H2,1-5H3,(H2,18,19,20). The Morgan fingerprint density at radius 1 is 1.21 bits per heavy atom. The van der Waals surface area contributed by atoms with Crippen LogP contribution in [0.1, 0.15) is 21.3 Å². The molecule has 0 fully saturated rings. The van der Waals surface area contributed by atoms with Crippen molar-refractivity contribution < 1.29 is 0 Å². The molecule has 0 atom stereocenters. The van der Waals surface area contributed by atoms with Crippen LogP contribution in [0, 0.1) is 13.8 Å². The zero-order valence-corrected chi connectivity index (χ0v) is 15.9. The van der Waals surface area contributed by atoms with E-state index in [9.17, 15) is 0 Å². The van der Waals surface area contributed by atoms with E-state index in [1.165, 1.54) is 4.88 Å². The van der Waals surface area contributed by atoms with Crippen molar-refractivity contribution in [1.82, 2.24) is 20.6 Å². The molecule has 24 heavy (non-hydrogen) atoms. The smallest absolute Gasteiger partial charge is 0.191 e. The van der Waals surface area contributed by atoms with Crippen molar-refractivity contribution >= 4 is 23.1 Å². The minimum atomic E-state index is 0.636. The van der Waals surface area contributed by atoms with Gasteiger partial charge in [-0.3, -0.25) is 4.99 Å². The Hall–Kier alpha value is -2.15. The predicted octanol–water partition coefficient (Wildman–Crippen LogP) is 2.13. The highest BCUT2D eigenvalue weighted by molar-refractivity contribution is 7.11. The van der Waals surface area contributed by atoms with Gasteiger partial charge in [0.05, 0.1) is 22.9 Å². The Balaban J connectivity index is 1.81. The minimum absolute atomic E-state index is 0.636. The summed E-state index contributed by atoms with van der Waals surface area (Å²) in [6.07, 6.45) is 0.897. The van der Waals surface area contributed by atoms with Crippen molar-refractivity contribution in [2.45, 2.75) is 26.8 Å². The van der Waals surface area contributed by atoms with E-state index in [4.69, 9.17) is 0 Å². The van der Waals surface area contributed by atoms with Crippen molar-refractivity contribution in [3.05, 3.63) is 39.5 Å². The third-order valence-electron chi connectivity index (χ3n) is 3.61. The topological polar surface area (TPSA) is 65.4 Å². The number of guanidine groups is 1. The zero-order valence-electron chi connectivity index (χ0n) is 15.1. The highest BCUT2D eigenvalue weighted by Gasteiger charge is 2.05. The summed E-state index contributed by atoms with van der Waals surface area (Å²) in [4.78, 5) is 16.7. The normalized spacial score (nSPS) is 11.5. The highest BCUT2D eigenvalue weighted by Crippen LogP contribution is 2.16. The molecule has 0 aliphatic carbocycles. The van der Waals surface area contributed by atoms with E-state index < -0.39 is 0 Å². The van der Waals surface area contributed by atoms with Gasteiger partial charge in [-0.15, -0.1) is 11.3 Å². The number of anilines is 1.